The minimum atomic E-state index is -1.15. The molecule has 0 aliphatic carbocycles. The van der Waals surface area contributed by atoms with E-state index in [1.165, 1.54) is 0 Å². The Morgan fingerprint density at radius 3 is 2.53 bits per heavy atom. The number of ether oxygens (including phenoxy) is 4. The van der Waals surface area contributed by atoms with E-state index in [2.05, 4.69) is 49.1 Å². The van der Waals surface area contributed by atoms with Gasteiger partial charge < -0.3 is 29.0 Å². The standard InChI is InChI=1S/C38H47N3O6/c1-24-11-12-31-29(19-24)27-9-8-10-28(21-27)30-22-41-32(39-30)20-25(2)33(34(36(42)43)47-37(4,5)6)35(41)40-15-13-38(7,14-16-40)45-18-17-44-23-26(3)46-31/h8-12,19-22,26,34H,13-18,23H2,1-7H3,(H,42,43)/t26-,34-/m0/s1. The summed E-state index contributed by atoms with van der Waals surface area (Å²) in [5.74, 6) is 0.576. The van der Waals surface area contributed by atoms with Crippen molar-refractivity contribution in [2.45, 2.75) is 84.7 Å². The van der Waals surface area contributed by atoms with E-state index in [1.54, 1.807) is 0 Å². The van der Waals surface area contributed by atoms with Crippen molar-refractivity contribution in [2.24, 2.45) is 0 Å². The molecule has 2 aromatic heterocycles. The Morgan fingerprint density at radius 1 is 1.06 bits per heavy atom. The third-order valence-corrected chi connectivity index (χ3v) is 9.01. The number of fused-ring (bicyclic) bond motifs is 8. The average molecular weight is 642 g/mol. The third kappa shape index (κ3) is 7.17. The Kier molecular flexibility index (Phi) is 9.09. The number of benzene rings is 2. The molecule has 250 valence electrons. The largest absolute Gasteiger partial charge is 0.488 e. The van der Waals surface area contributed by atoms with Crippen LogP contribution in [0.2, 0.25) is 0 Å². The van der Waals surface area contributed by atoms with Crippen LogP contribution in [0.3, 0.4) is 0 Å². The van der Waals surface area contributed by atoms with Gasteiger partial charge in [-0.2, -0.15) is 0 Å². The van der Waals surface area contributed by atoms with E-state index in [0.717, 1.165) is 63.6 Å². The Hall–Kier alpha value is -3.92. The van der Waals surface area contributed by atoms with Gasteiger partial charge in [0.2, 0.25) is 0 Å². The molecule has 3 aliphatic rings. The number of aryl methyl sites for hydroxylation is 2. The molecule has 1 fully saturated rings. The minimum Gasteiger partial charge on any atom is -0.488 e. The molecule has 1 saturated heterocycles. The van der Waals surface area contributed by atoms with Crippen molar-refractivity contribution in [1.29, 1.82) is 0 Å². The van der Waals surface area contributed by atoms with Crippen LogP contribution < -0.4 is 9.64 Å². The molecule has 47 heavy (non-hydrogen) atoms. The Morgan fingerprint density at radius 2 is 1.81 bits per heavy atom. The number of hydrogen-bond acceptors (Lipinski definition) is 7. The summed E-state index contributed by atoms with van der Waals surface area (Å²) < 4.78 is 27.1. The van der Waals surface area contributed by atoms with E-state index in [-0.39, 0.29) is 11.7 Å². The van der Waals surface area contributed by atoms with Gasteiger partial charge in [0.15, 0.2) is 6.10 Å². The summed E-state index contributed by atoms with van der Waals surface area (Å²) in [6.07, 6.45) is 2.28. The van der Waals surface area contributed by atoms with Crippen molar-refractivity contribution < 1.29 is 28.8 Å². The number of hydrogen-bond donors (Lipinski definition) is 1. The zero-order valence-electron chi connectivity index (χ0n) is 28.6. The number of aromatic nitrogens is 2. The molecule has 9 heteroatoms. The van der Waals surface area contributed by atoms with Crippen LogP contribution in [0.5, 0.6) is 5.75 Å². The van der Waals surface area contributed by atoms with Crippen molar-refractivity contribution in [3.05, 3.63) is 71.4 Å². The lowest BCUT2D eigenvalue weighted by Gasteiger charge is -2.41. The van der Waals surface area contributed by atoms with Crippen molar-refractivity contribution in [3.63, 3.8) is 0 Å². The number of imidazole rings is 1. The summed E-state index contributed by atoms with van der Waals surface area (Å²) in [7, 11) is 0. The maximum absolute atomic E-state index is 12.8. The third-order valence-electron chi connectivity index (χ3n) is 9.01. The fraction of sp³-hybridized carbons (Fsp3) is 0.474. The maximum atomic E-state index is 12.8. The quantitative estimate of drug-likeness (QED) is 0.231. The first-order chi connectivity index (χ1) is 22.3. The van der Waals surface area contributed by atoms with E-state index in [9.17, 15) is 9.90 Å². The molecule has 0 radical (unpaired) electrons. The summed E-state index contributed by atoms with van der Waals surface area (Å²) in [6.45, 7) is 16.6. The fourth-order valence-electron chi connectivity index (χ4n) is 6.62. The van der Waals surface area contributed by atoms with E-state index >= 15 is 0 Å². The smallest absolute Gasteiger partial charge is 0.337 e. The summed E-state index contributed by atoms with van der Waals surface area (Å²) >= 11 is 0. The number of pyridine rings is 1. The predicted octanol–water partition coefficient (Wildman–Crippen LogP) is 7.40. The highest BCUT2D eigenvalue weighted by molar-refractivity contribution is 5.80. The van der Waals surface area contributed by atoms with Crippen molar-refractivity contribution >= 4 is 17.4 Å². The van der Waals surface area contributed by atoms with Gasteiger partial charge in [0, 0.05) is 36.0 Å². The second-order valence-electron chi connectivity index (χ2n) is 14.2. The first kappa shape index (κ1) is 33.0. The highest BCUT2D eigenvalue weighted by Gasteiger charge is 2.37. The van der Waals surface area contributed by atoms with Gasteiger partial charge in [0.25, 0.3) is 0 Å². The summed E-state index contributed by atoms with van der Waals surface area (Å²) in [4.78, 5) is 20.2. The first-order valence-corrected chi connectivity index (χ1v) is 16.6. The van der Waals surface area contributed by atoms with Crippen LogP contribution in [0, 0.1) is 13.8 Å². The Bertz CT molecular complexity index is 1770. The van der Waals surface area contributed by atoms with Crippen LogP contribution in [0.4, 0.5) is 5.82 Å². The summed E-state index contributed by atoms with van der Waals surface area (Å²) in [5.41, 5.74) is 6.14. The van der Waals surface area contributed by atoms with Crippen LogP contribution in [0.1, 0.15) is 70.3 Å². The lowest BCUT2D eigenvalue weighted by molar-refractivity contribution is -0.160. The zero-order chi connectivity index (χ0) is 33.5. The lowest BCUT2D eigenvalue weighted by atomic mass is 9.92. The van der Waals surface area contributed by atoms with E-state index < -0.39 is 17.7 Å². The number of carbonyl (C=O) groups is 1. The maximum Gasteiger partial charge on any atom is 0.337 e. The van der Waals surface area contributed by atoms with Gasteiger partial charge in [-0.1, -0.05) is 29.8 Å². The molecular formula is C38H47N3O6. The van der Waals surface area contributed by atoms with Gasteiger partial charge in [0.05, 0.1) is 36.7 Å². The molecule has 1 N–H and O–H groups in total. The van der Waals surface area contributed by atoms with Crippen LogP contribution in [-0.4, -0.2) is 70.7 Å². The van der Waals surface area contributed by atoms with Crippen LogP contribution >= 0.6 is 0 Å². The molecule has 3 aliphatic heterocycles. The highest BCUT2D eigenvalue weighted by atomic mass is 16.6. The second kappa shape index (κ2) is 12.9. The molecule has 4 aromatic rings. The molecule has 2 atom stereocenters. The lowest BCUT2D eigenvalue weighted by Crippen LogP contribution is -2.46. The summed E-state index contributed by atoms with van der Waals surface area (Å²) in [6, 6.07) is 16.5. The highest BCUT2D eigenvalue weighted by Crippen LogP contribution is 2.40. The Balaban J connectivity index is 1.53. The van der Waals surface area contributed by atoms with Crippen molar-refractivity contribution in [1.82, 2.24) is 9.38 Å². The molecule has 5 heterocycles. The molecule has 0 unspecified atom stereocenters. The first-order valence-electron chi connectivity index (χ1n) is 16.6. The molecule has 0 saturated carbocycles. The van der Waals surface area contributed by atoms with Crippen LogP contribution in [-0.2, 0) is 19.0 Å². The minimum absolute atomic E-state index is 0.143. The van der Waals surface area contributed by atoms with Crippen LogP contribution in [0.25, 0.3) is 28.0 Å². The van der Waals surface area contributed by atoms with Crippen LogP contribution in [0.15, 0.2) is 54.7 Å². The number of rotatable bonds is 3. The topological polar surface area (TPSA) is 94.8 Å². The second-order valence-corrected chi connectivity index (χ2v) is 14.2. The molecule has 6 bridgehead atoms. The fourth-order valence-corrected chi connectivity index (χ4v) is 6.62. The molecule has 9 nitrogen and oxygen atoms in total. The van der Waals surface area contributed by atoms with Gasteiger partial charge in [-0.15, -0.1) is 0 Å². The molecular weight excluding hydrogens is 594 g/mol. The van der Waals surface area contributed by atoms with Crippen molar-refractivity contribution in [3.8, 4) is 28.1 Å². The van der Waals surface area contributed by atoms with Gasteiger partial charge in [0.1, 0.15) is 23.3 Å². The van der Waals surface area contributed by atoms with E-state index in [4.69, 9.17) is 23.9 Å². The number of carboxylic acids is 1. The molecule has 0 amide bonds. The average Bonchev–Trinajstić information content (AvgIpc) is 3.43. The number of anilines is 1. The van der Waals surface area contributed by atoms with Gasteiger partial charge in [-0.3, -0.25) is 4.40 Å². The van der Waals surface area contributed by atoms with E-state index in [1.807, 2.05) is 63.4 Å². The van der Waals surface area contributed by atoms with Gasteiger partial charge >= 0.3 is 5.97 Å². The Labute approximate surface area is 277 Å². The van der Waals surface area contributed by atoms with E-state index in [0.29, 0.717) is 38.5 Å². The SMILES string of the molecule is Cc1ccc2c(c1)-c1cccc(c1)-c1cn3c(c([C@H](OC(C)(C)C)C(=O)O)c(C)cc3n1)N1CCC(C)(CC1)OCCOC[C@H](C)O2. The monoisotopic (exact) mass is 641 g/mol. The molecule has 2 aromatic carbocycles. The molecule has 7 rings (SSSR count). The van der Waals surface area contributed by atoms with Gasteiger partial charge in [-0.05, 0) is 96.7 Å². The normalized spacial score (nSPS) is 21.3. The molecule has 0 spiro atoms. The summed E-state index contributed by atoms with van der Waals surface area (Å²) in [5, 5.41) is 10.5. The predicted molar refractivity (Wildman–Crippen MR) is 183 cm³/mol. The number of aliphatic carboxylic acids is 1. The van der Waals surface area contributed by atoms with Gasteiger partial charge in [-0.25, -0.2) is 9.78 Å². The number of piperidine rings is 1. The number of carboxylic acid groups (broad SMARTS) is 1. The van der Waals surface area contributed by atoms with Crippen molar-refractivity contribution in [2.75, 3.05) is 37.8 Å². The zero-order valence-corrected chi connectivity index (χ0v) is 28.6. The number of nitrogens with zero attached hydrogens (tertiary/aromatic N) is 3.